The van der Waals surface area contributed by atoms with Crippen LogP contribution in [-0.4, -0.2) is 28.7 Å². The van der Waals surface area contributed by atoms with Crippen molar-refractivity contribution in [2.24, 2.45) is 5.73 Å². The van der Waals surface area contributed by atoms with E-state index in [9.17, 15) is 18.0 Å². The Bertz CT molecular complexity index is 1110. The van der Waals surface area contributed by atoms with Crippen LogP contribution in [0.4, 0.5) is 19.0 Å². The topological polar surface area (TPSA) is 64.2 Å². The highest BCUT2D eigenvalue weighted by atomic mass is 19.1. The van der Waals surface area contributed by atoms with Crippen LogP contribution in [0.5, 0.6) is 0 Å². The Labute approximate surface area is 152 Å². The Morgan fingerprint density at radius 2 is 1.96 bits per heavy atom. The molecular weight excluding hydrogens is 357 g/mol. The van der Waals surface area contributed by atoms with Gasteiger partial charge in [-0.2, -0.15) is 0 Å². The van der Waals surface area contributed by atoms with Crippen LogP contribution >= 0.6 is 0 Å². The minimum absolute atomic E-state index is 0.0210. The summed E-state index contributed by atoms with van der Waals surface area (Å²) in [6.45, 7) is 2.53. The summed E-state index contributed by atoms with van der Waals surface area (Å²) in [5.74, 6) is -2.10. The number of nitrogens with two attached hydrogens (primary N) is 1. The third kappa shape index (κ3) is 2.95. The number of benzene rings is 1. The first-order valence-electron chi connectivity index (χ1n) is 8.53. The van der Waals surface area contributed by atoms with Crippen molar-refractivity contribution in [3.63, 3.8) is 0 Å². The van der Waals surface area contributed by atoms with Gasteiger partial charge in [0, 0.05) is 37.0 Å². The van der Waals surface area contributed by atoms with Crippen molar-refractivity contribution < 1.29 is 13.2 Å². The van der Waals surface area contributed by atoms with Crippen LogP contribution in [0.25, 0.3) is 16.7 Å². The number of anilines is 1. The number of hydrogen-bond donors (Lipinski definition) is 1. The molecule has 1 aliphatic heterocycles. The van der Waals surface area contributed by atoms with Crippen molar-refractivity contribution in [1.29, 1.82) is 0 Å². The molecule has 3 aromatic rings. The van der Waals surface area contributed by atoms with Gasteiger partial charge in [-0.25, -0.2) is 18.2 Å². The highest BCUT2D eigenvalue weighted by Crippen LogP contribution is 2.26. The van der Waals surface area contributed by atoms with Crippen LogP contribution in [0.3, 0.4) is 0 Å². The van der Waals surface area contributed by atoms with E-state index < -0.39 is 17.5 Å². The largest absolute Gasteiger partial charge is 0.353 e. The lowest BCUT2D eigenvalue weighted by molar-refractivity contribution is 0.578. The normalized spacial score (nSPS) is 17.1. The molecule has 0 saturated carbocycles. The number of fused-ring (bicyclic) bond motifs is 1. The molecule has 0 radical (unpaired) electrons. The van der Waals surface area contributed by atoms with Crippen LogP contribution < -0.4 is 16.1 Å². The summed E-state index contributed by atoms with van der Waals surface area (Å²) in [6.07, 6.45) is 2.12. The van der Waals surface area contributed by atoms with Gasteiger partial charge in [-0.15, -0.1) is 0 Å². The average Bonchev–Trinajstić information content (AvgIpc) is 3.04. The fourth-order valence-electron chi connectivity index (χ4n) is 3.41. The van der Waals surface area contributed by atoms with Crippen LogP contribution in [0, 0.1) is 24.4 Å². The molecule has 4 rings (SSSR count). The predicted octanol–water partition coefficient (Wildman–Crippen LogP) is 2.65. The molecule has 140 valence electrons. The first-order valence-corrected chi connectivity index (χ1v) is 8.53. The van der Waals surface area contributed by atoms with Crippen molar-refractivity contribution in [2.45, 2.75) is 19.4 Å². The van der Waals surface area contributed by atoms with E-state index >= 15 is 0 Å². The van der Waals surface area contributed by atoms with Crippen LogP contribution in [0.15, 0.2) is 35.3 Å². The minimum atomic E-state index is -0.810. The molecular formula is C19H17F3N4O. The van der Waals surface area contributed by atoms with Crippen molar-refractivity contribution in [2.75, 3.05) is 18.0 Å². The molecule has 0 spiro atoms. The number of rotatable bonds is 2. The van der Waals surface area contributed by atoms with Crippen molar-refractivity contribution >= 4 is 16.9 Å². The van der Waals surface area contributed by atoms with Gasteiger partial charge < -0.3 is 10.6 Å². The zero-order chi connectivity index (χ0) is 19.3. The molecule has 0 aliphatic carbocycles. The molecule has 5 nitrogen and oxygen atoms in total. The number of halogens is 3. The molecule has 0 bridgehead atoms. The maximum Gasteiger partial charge on any atom is 0.194 e. The van der Waals surface area contributed by atoms with Gasteiger partial charge in [-0.05, 0) is 31.5 Å². The van der Waals surface area contributed by atoms with Gasteiger partial charge in [0.1, 0.15) is 11.6 Å². The lowest BCUT2D eigenvalue weighted by atomic mass is 10.2. The summed E-state index contributed by atoms with van der Waals surface area (Å²) in [5, 5.41) is 0.0310. The molecule has 1 saturated heterocycles. The fourth-order valence-corrected chi connectivity index (χ4v) is 3.41. The van der Waals surface area contributed by atoms with Crippen molar-refractivity contribution in [3.05, 3.63) is 63.7 Å². The summed E-state index contributed by atoms with van der Waals surface area (Å²) in [7, 11) is 0. The van der Waals surface area contributed by atoms with Crippen molar-refractivity contribution in [1.82, 2.24) is 9.55 Å². The molecule has 1 aliphatic rings. The fraction of sp³-hybridized carbons (Fsp3) is 0.263. The molecule has 2 N–H and O–H groups in total. The number of nitrogens with zero attached hydrogens (tertiary/aromatic N) is 3. The summed E-state index contributed by atoms with van der Waals surface area (Å²) >= 11 is 0. The van der Waals surface area contributed by atoms with Crippen LogP contribution in [-0.2, 0) is 0 Å². The van der Waals surface area contributed by atoms with Gasteiger partial charge >= 0.3 is 0 Å². The highest BCUT2D eigenvalue weighted by Gasteiger charge is 2.25. The lowest BCUT2D eigenvalue weighted by Crippen LogP contribution is -2.28. The SMILES string of the molecule is Cc1cn(-c2ccc(F)cc2F)c2nc(N3CCC(N)C3)c(F)cc2c1=O. The van der Waals surface area contributed by atoms with Gasteiger partial charge in [0.05, 0.1) is 11.1 Å². The minimum Gasteiger partial charge on any atom is -0.353 e. The maximum atomic E-state index is 14.7. The molecule has 1 atom stereocenters. The van der Waals surface area contributed by atoms with E-state index in [2.05, 4.69) is 4.98 Å². The lowest BCUT2D eigenvalue weighted by Gasteiger charge is -2.20. The molecule has 27 heavy (non-hydrogen) atoms. The molecule has 8 heteroatoms. The Kier molecular flexibility index (Phi) is 4.15. The first kappa shape index (κ1) is 17.5. The quantitative estimate of drug-likeness (QED) is 0.749. The maximum absolute atomic E-state index is 14.7. The van der Waals surface area contributed by atoms with E-state index in [1.54, 1.807) is 11.8 Å². The zero-order valence-corrected chi connectivity index (χ0v) is 14.5. The van der Waals surface area contributed by atoms with E-state index in [1.807, 2.05) is 0 Å². The highest BCUT2D eigenvalue weighted by molar-refractivity contribution is 5.80. The van der Waals surface area contributed by atoms with Crippen LogP contribution in [0.1, 0.15) is 12.0 Å². The average molecular weight is 374 g/mol. The van der Waals surface area contributed by atoms with Gasteiger partial charge in [-0.3, -0.25) is 9.36 Å². The number of aromatic nitrogens is 2. The number of aryl methyl sites for hydroxylation is 1. The summed E-state index contributed by atoms with van der Waals surface area (Å²) in [4.78, 5) is 18.5. The zero-order valence-electron chi connectivity index (χ0n) is 14.5. The van der Waals surface area contributed by atoms with Crippen LogP contribution in [0.2, 0.25) is 0 Å². The van der Waals surface area contributed by atoms with Gasteiger partial charge in [0.15, 0.2) is 22.7 Å². The van der Waals surface area contributed by atoms with E-state index in [1.165, 1.54) is 16.8 Å². The second-order valence-corrected chi connectivity index (χ2v) is 6.77. The summed E-state index contributed by atoms with van der Waals surface area (Å²) in [6, 6.07) is 4.15. The summed E-state index contributed by atoms with van der Waals surface area (Å²) < 4.78 is 43.7. The van der Waals surface area contributed by atoms with E-state index in [-0.39, 0.29) is 34.0 Å². The van der Waals surface area contributed by atoms with E-state index in [0.29, 0.717) is 25.1 Å². The molecule has 3 heterocycles. The van der Waals surface area contributed by atoms with E-state index in [4.69, 9.17) is 5.73 Å². The Balaban J connectivity index is 2.01. The Morgan fingerprint density at radius 3 is 2.63 bits per heavy atom. The van der Waals surface area contributed by atoms with Gasteiger partial charge in [0.25, 0.3) is 0 Å². The molecule has 2 aromatic heterocycles. The molecule has 1 aromatic carbocycles. The second-order valence-electron chi connectivity index (χ2n) is 6.77. The molecule has 1 unspecified atom stereocenters. The van der Waals surface area contributed by atoms with Gasteiger partial charge in [-0.1, -0.05) is 0 Å². The monoisotopic (exact) mass is 374 g/mol. The van der Waals surface area contributed by atoms with Crippen molar-refractivity contribution in [3.8, 4) is 5.69 Å². The number of hydrogen-bond acceptors (Lipinski definition) is 4. The Morgan fingerprint density at radius 1 is 1.19 bits per heavy atom. The molecule has 1 fully saturated rings. The third-order valence-electron chi connectivity index (χ3n) is 4.78. The smallest absolute Gasteiger partial charge is 0.194 e. The second kappa shape index (κ2) is 6.38. The van der Waals surface area contributed by atoms with E-state index in [0.717, 1.165) is 18.2 Å². The van der Waals surface area contributed by atoms with Gasteiger partial charge in [0.2, 0.25) is 0 Å². The number of pyridine rings is 2. The third-order valence-corrected chi connectivity index (χ3v) is 4.78. The first-order chi connectivity index (χ1) is 12.8. The predicted molar refractivity (Wildman–Crippen MR) is 96.8 cm³/mol. The Hall–Kier alpha value is -2.87. The standard InChI is InChI=1S/C19H17F3N4O/c1-10-8-26(16-3-2-11(20)6-14(16)21)18-13(17(10)27)7-15(22)19(24-18)25-5-4-12(23)9-25/h2-3,6-8,12H,4-5,9,23H2,1H3. The summed E-state index contributed by atoms with van der Waals surface area (Å²) in [5.41, 5.74) is 5.92. The molecule has 0 amide bonds.